The van der Waals surface area contributed by atoms with Crippen LogP contribution in [0.1, 0.15) is 5.56 Å². The van der Waals surface area contributed by atoms with E-state index >= 15 is 0 Å². The van der Waals surface area contributed by atoms with Crippen molar-refractivity contribution in [2.45, 2.75) is 6.92 Å². The van der Waals surface area contributed by atoms with E-state index < -0.39 is 11.1 Å². The van der Waals surface area contributed by atoms with Gasteiger partial charge in [-0.05, 0) is 19.1 Å². The molecule has 0 aliphatic carbocycles. The molecule has 0 amide bonds. The Labute approximate surface area is 78.8 Å². The molecule has 0 aromatic heterocycles. The van der Waals surface area contributed by atoms with Crippen molar-refractivity contribution in [1.82, 2.24) is 0 Å². The molecule has 3 N–H and O–H groups in total. The van der Waals surface area contributed by atoms with Crippen LogP contribution in [0.4, 0.5) is 5.69 Å². The molecular weight excluding hydrogens is 188 g/mol. The topological polar surface area (TPSA) is 75.7 Å². The molecule has 0 aliphatic heterocycles. The number of hydrogen-bond donors (Lipinski definition) is 2. The summed E-state index contributed by atoms with van der Waals surface area (Å²) in [5, 5.41) is -0.288. The number of amidine groups is 1. The van der Waals surface area contributed by atoms with E-state index in [-0.39, 0.29) is 5.17 Å². The van der Waals surface area contributed by atoms with Crippen LogP contribution in [0.2, 0.25) is 0 Å². The first-order valence-electron chi connectivity index (χ1n) is 3.61. The largest absolute Gasteiger partial charge is 0.374 e. The minimum atomic E-state index is -2.19. The fourth-order valence-electron chi connectivity index (χ4n) is 0.786. The Kier molecular flexibility index (Phi) is 3.16. The van der Waals surface area contributed by atoms with Gasteiger partial charge in [-0.2, -0.15) is 0 Å². The lowest BCUT2D eigenvalue weighted by atomic mass is 10.2. The van der Waals surface area contributed by atoms with Gasteiger partial charge in [0.2, 0.25) is 16.2 Å². The molecule has 1 rings (SSSR count). The molecule has 13 heavy (non-hydrogen) atoms. The highest BCUT2D eigenvalue weighted by Crippen LogP contribution is 2.12. The van der Waals surface area contributed by atoms with Gasteiger partial charge in [-0.3, -0.25) is 4.55 Å². The molecule has 1 aromatic carbocycles. The van der Waals surface area contributed by atoms with Crippen molar-refractivity contribution in [2.75, 3.05) is 0 Å². The lowest BCUT2D eigenvalue weighted by molar-refractivity contribution is 0.576. The first-order valence-corrected chi connectivity index (χ1v) is 4.72. The van der Waals surface area contributed by atoms with Crippen LogP contribution < -0.4 is 5.73 Å². The maximum atomic E-state index is 10.4. The van der Waals surface area contributed by atoms with Crippen molar-refractivity contribution in [3.8, 4) is 0 Å². The summed E-state index contributed by atoms with van der Waals surface area (Å²) in [7, 11) is 0. The van der Waals surface area contributed by atoms with E-state index in [2.05, 4.69) is 4.99 Å². The third-order valence-electron chi connectivity index (χ3n) is 1.45. The van der Waals surface area contributed by atoms with E-state index in [1.54, 1.807) is 12.1 Å². The van der Waals surface area contributed by atoms with Crippen LogP contribution in [0.3, 0.4) is 0 Å². The summed E-state index contributed by atoms with van der Waals surface area (Å²) in [5.41, 5.74) is 6.86. The predicted octanol–water partition coefficient (Wildman–Crippen LogP) is 1.16. The van der Waals surface area contributed by atoms with E-state index in [4.69, 9.17) is 10.3 Å². The molecule has 5 heteroatoms. The highest BCUT2D eigenvalue weighted by atomic mass is 32.2. The van der Waals surface area contributed by atoms with Gasteiger partial charge in [-0.15, -0.1) is 0 Å². The van der Waals surface area contributed by atoms with Gasteiger partial charge >= 0.3 is 0 Å². The zero-order valence-electron chi connectivity index (χ0n) is 7.10. The zero-order chi connectivity index (χ0) is 9.84. The van der Waals surface area contributed by atoms with E-state index in [1.165, 1.54) is 0 Å². The van der Waals surface area contributed by atoms with Crippen LogP contribution in [0.15, 0.2) is 29.3 Å². The Bertz CT molecular complexity index is 346. The van der Waals surface area contributed by atoms with E-state index in [9.17, 15) is 4.21 Å². The second-order valence-corrected chi connectivity index (χ2v) is 3.45. The standard InChI is InChI=1S/C8H10N2O2S/c1-6-2-4-7(5-3-6)10-8(9)13(11)12/h2-5H,1H3,(H2,9,10)(H,11,12). The fraction of sp³-hybridized carbons (Fsp3) is 0.125. The molecule has 0 spiro atoms. The normalized spacial score (nSPS) is 14.2. The number of hydrogen-bond acceptors (Lipinski definition) is 2. The molecule has 0 bridgehead atoms. The van der Waals surface area contributed by atoms with Gasteiger partial charge in [0.15, 0.2) is 0 Å². The molecule has 0 saturated heterocycles. The SMILES string of the molecule is Cc1ccc(N=C(N)S(=O)O)cc1. The molecular formula is C8H10N2O2S. The Morgan fingerprint density at radius 2 is 2.00 bits per heavy atom. The number of rotatable bonds is 1. The Hall–Kier alpha value is -1.20. The van der Waals surface area contributed by atoms with Crippen molar-refractivity contribution in [3.05, 3.63) is 29.8 Å². The van der Waals surface area contributed by atoms with E-state index in [0.29, 0.717) is 5.69 Å². The summed E-state index contributed by atoms with van der Waals surface area (Å²) in [5.74, 6) is 0. The predicted molar refractivity (Wildman–Crippen MR) is 53.2 cm³/mol. The summed E-state index contributed by atoms with van der Waals surface area (Å²) in [6.45, 7) is 1.95. The summed E-state index contributed by atoms with van der Waals surface area (Å²) >= 11 is -2.19. The van der Waals surface area contributed by atoms with Crippen molar-refractivity contribution in [1.29, 1.82) is 0 Å². The third kappa shape index (κ3) is 2.96. The Morgan fingerprint density at radius 3 is 2.46 bits per heavy atom. The summed E-state index contributed by atoms with van der Waals surface area (Å²) < 4.78 is 19.0. The monoisotopic (exact) mass is 198 g/mol. The maximum Gasteiger partial charge on any atom is 0.223 e. The average Bonchev–Trinajstić information content (AvgIpc) is 2.08. The fourth-order valence-corrected chi connectivity index (χ4v) is 0.969. The number of nitrogens with two attached hydrogens (primary N) is 1. The number of nitrogens with zero attached hydrogens (tertiary/aromatic N) is 1. The van der Waals surface area contributed by atoms with Crippen molar-refractivity contribution < 1.29 is 8.76 Å². The van der Waals surface area contributed by atoms with Gasteiger partial charge in [0.1, 0.15) is 0 Å². The molecule has 1 unspecified atom stereocenters. The Balaban J connectivity index is 2.92. The number of benzene rings is 1. The first-order chi connectivity index (χ1) is 6.09. The molecule has 0 fully saturated rings. The molecule has 0 heterocycles. The van der Waals surface area contributed by atoms with Crippen LogP contribution in [-0.4, -0.2) is 13.9 Å². The lowest BCUT2D eigenvalue weighted by Crippen LogP contribution is -2.16. The molecule has 70 valence electrons. The van der Waals surface area contributed by atoms with Crippen LogP contribution >= 0.6 is 0 Å². The summed E-state index contributed by atoms with van der Waals surface area (Å²) in [4.78, 5) is 3.74. The van der Waals surface area contributed by atoms with Crippen LogP contribution in [0.5, 0.6) is 0 Å². The van der Waals surface area contributed by atoms with Gasteiger partial charge in [0.25, 0.3) is 0 Å². The highest BCUT2D eigenvalue weighted by molar-refractivity contribution is 7.95. The Morgan fingerprint density at radius 1 is 1.46 bits per heavy atom. The van der Waals surface area contributed by atoms with E-state index in [0.717, 1.165) is 5.56 Å². The van der Waals surface area contributed by atoms with Gasteiger partial charge in [-0.25, -0.2) is 9.20 Å². The average molecular weight is 198 g/mol. The second kappa shape index (κ2) is 4.15. The summed E-state index contributed by atoms with van der Waals surface area (Å²) in [6, 6.07) is 7.17. The molecule has 1 aromatic rings. The van der Waals surface area contributed by atoms with Crippen LogP contribution in [0, 0.1) is 6.92 Å². The van der Waals surface area contributed by atoms with Crippen molar-refractivity contribution in [2.24, 2.45) is 10.7 Å². The van der Waals surface area contributed by atoms with Crippen LogP contribution in [-0.2, 0) is 11.1 Å². The minimum absolute atomic E-state index is 0.288. The zero-order valence-corrected chi connectivity index (χ0v) is 7.91. The van der Waals surface area contributed by atoms with Crippen LogP contribution in [0.25, 0.3) is 0 Å². The quantitative estimate of drug-likeness (QED) is 0.404. The van der Waals surface area contributed by atoms with Gasteiger partial charge in [0.05, 0.1) is 5.69 Å². The third-order valence-corrected chi connectivity index (χ3v) is 1.90. The van der Waals surface area contributed by atoms with Crippen molar-refractivity contribution >= 4 is 21.9 Å². The second-order valence-electron chi connectivity index (χ2n) is 2.53. The molecule has 1 atom stereocenters. The molecule has 4 nitrogen and oxygen atoms in total. The molecule has 0 radical (unpaired) electrons. The first kappa shape index (κ1) is 9.88. The minimum Gasteiger partial charge on any atom is -0.374 e. The smallest absolute Gasteiger partial charge is 0.223 e. The maximum absolute atomic E-state index is 10.4. The molecule has 0 saturated carbocycles. The molecule has 0 aliphatic rings. The number of aryl methyl sites for hydroxylation is 1. The number of aliphatic imine (C=N–C) groups is 1. The van der Waals surface area contributed by atoms with Gasteiger partial charge < -0.3 is 5.73 Å². The van der Waals surface area contributed by atoms with E-state index in [1.807, 2.05) is 19.1 Å². The highest BCUT2D eigenvalue weighted by Gasteiger charge is 1.99. The van der Waals surface area contributed by atoms with Crippen molar-refractivity contribution in [3.63, 3.8) is 0 Å². The lowest BCUT2D eigenvalue weighted by Gasteiger charge is -1.96. The van der Waals surface area contributed by atoms with Gasteiger partial charge in [0, 0.05) is 0 Å². The van der Waals surface area contributed by atoms with Gasteiger partial charge in [-0.1, -0.05) is 17.7 Å². The summed E-state index contributed by atoms with van der Waals surface area (Å²) in [6.07, 6.45) is 0.